The second-order valence-corrected chi connectivity index (χ2v) is 7.07. The van der Waals surface area contributed by atoms with Crippen LogP contribution in [0.5, 0.6) is 17.2 Å². The van der Waals surface area contributed by atoms with Crippen LogP contribution in [0.15, 0.2) is 42.5 Å². The molecule has 2 rings (SSSR count). The van der Waals surface area contributed by atoms with Crippen LogP contribution in [0.4, 0.5) is 0 Å². The lowest BCUT2D eigenvalue weighted by molar-refractivity contribution is -0.137. The summed E-state index contributed by atoms with van der Waals surface area (Å²) in [6, 6.07) is 12.2. The van der Waals surface area contributed by atoms with Gasteiger partial charge in [-0.25, -0.2) is 0 Å². The number of carboxylic acids is 1. The molecule has 2 N–H and O–H groups in total. The summed E-state index contributed by atoms with van der Waals surface area (Å²) in [7, 11) is 1.52. The molecule has 2 aromatic carbocycles. The van der Waals surface area contributed by atoms with Gasteiger partial charge in [0.1, 0.15) is 5.75 Å². The molecule has 1 atom stereocenters. The third kappa shape index (κ3) is 7.85. The fraction of sp³-hybridized carbons (Fsp3) is 0.417. The fourth-order valence-electron chi connectivity index (χ4n) is 3.01. The second kappa shape index (κ2) is 12.5. The number of amides is 1. The van der Waals surface area contributed by atoms with Gasteiger partial charge in [-0.15, -0.1) is 0 Å². The molecule has 0 saturated carbocycles. The molecule has 0 aliphatic carbocycles. The van der Waals surface area contributed by atoms with Crippen molar-refractivity contribution in [2.24, 2.45) is 0 Å². The average molecular weight is 430 g/mol. The van der Waals surface area contributed by atoms with Crippen molar-refractivity contribution in [2.75, 3.05) is 20.3 Å². The maximum Gasteiger partial charge on any atom is 0.305 e. The molecule has 0 saturated heterocycles. The predicted octanol–water partition coefficient (Wildman–Crippen LogP) is 4.15. The van der Waals surface area contributed by atoms with Crippen LogP contribution in [-0.2, 0) is 16.0 Å². The minimum atomic E-state index is -1.01. The van der Waals surface area contributed by atoms with Gasteiger partial charge in [-0.3, -0.25) is 9.59 Å². The van der Waals surface area contributed by atoms with Crippen molar-refractivity contribution >= 4 is 11.9 Å². The molecular formula is C24H31NO6. The normalized spacial score (nSPS) is 11.5. The summed E-state index contributed by atoms with van der Waals surface area (Å²) in [4.78, 5) is 23.8. The van der Waals surface area contributed by atoms with Gasteiger partial charge in [-0.05, 0) is 48.2 Å². The first-order valence-electron chi connectivity index (χ1n) is 10.5. The van der Waals surface area contributed by atoms with E-state index >= 15 is 0 Å². The van der Waals surface area contributed by atoms with E-state index in [0.717, 1.165) is 12.8 Å². The number of nitrogens with one attached hydrogen (secondary N) is 1. The highest BCUT2D eigenvalue weighted by molar-refractivity contribution is 5.78. The van der Waals surface area contributed by atoms with Crippen LogP contribution in [0.1, 0.15) is 50.3 Å². The van der Waals surface area contributed by atoms with Gasteiger partial charge in [0.2, 0.25) is 5.91 Å². The van der Waals surface area contributed by atoms with Crippen LogP contribution < -0.4 is 19.5 Å². The van der Waals surface area contributed by atoms with E-state index in [-0.39, 0.29) is 25.4 Å². The molecule has 0 bridgehead atoms. The third-order valence-electron chi connectivity index (χ3n) is 4.70. The van der Waals surface area contributed by atoms with Crippen LogP contribution in [0.2, 0.25) is 0 Å². The Hall–Kier alpha value is -3.22. The van der Waals surface area contributed by atoms with Crippen LogP contribution in [0.3, 0.4) is 0 Å². The van der Waals surface area contributed by atoms with Crippen molar-refractivity contribution in [1.82, 2.24) is 5.32 Å². The number of aliphatic carboxylic acids is 1. The summed E-state index contributed by atoms with van der Waals surface area (Å²) >= 11 is 0. The topological polar surface area (TPSA) is 94.1 Å². The smallest absolute Gasteiger partial charge is 0.305 e. The zero-order valence-electron chi connectivity index (χ0n) is 18.3. The van der Waals surface area contributed by atoms with E-state index in [1.54, 1.807) is 18.2 Å². The molecule has 0 aromatic heterocycles. The summed E-state index contributed by atoms with van der Waals surface area (Å²) in [6.07, 6.45) is 1.67. The summed E-state index contributed by atoms with van der Waals surface area (Å²) in [5.74, 6) is 0.467. The number of carboxylic acid groups (broad SMARTS) is 1. The number of aryl methyl sites for hydroxylation is 1. The number of carbonyl (C=O) groups excluding carboxylic acids is 1. The number of hydrogen-bond donors (Lipinski definition) is 2. The first kappa shape index (κ1) is 24.1. The molecule has 0 aliphatic heterocycles. The Morgan fingerprint density at radius 3 is 2.35 bits per heavy atom. The standard InChI is InChI=1S/C24H31NO6/c1-4-13-31-21-11-8-18(15-22(21)29-3)20(16-24(27)28)25-23(26)12-14-30-19-9-6-17(5-2)7-10-19/h6-11,15,20H,4-5,12-14,16H2,1-3H3,(H,25,26)(H,27,28). The fourth-order valence-corrected chi connectivity index (χ4v) is 3.01. The minimum absolute atomic E-state index is 0.112. The van der Waals surface area contributed by atoms with Gasteiger partial charge in [-0.1, -0.05) is 32.0 Å². The Morgan fingerprint density at radius 1 is 1.00 bits per heavy atom. The number of rotatable bonds is 13. The molecule has 1 unspecified atom stereocenters. The van der Waals surface area contributed by atoms with Gasteiger partial charge in [0.15, 0.2) is 11.5 Å². The van der Waals surface area contributed by atoms with Crippen molar-refractivity contribution in [3.05, 3.63) is 53.6 Å². The molecule has 0 spiro atoms. The van der Waals surface area contributed by atoms with E-state index < -0.39 is 12.0 Å². The Bertz CT molecular complexity index is 850. The maximum atomic E-state index is 12.4. The van der Waals surface area contributed by atoms with Crippen LogP contribution >= 0.6 is 0 Å². The number of benzene rings is 2. The zero-order valence-corrected chi connectivity index (χ0v) is 18.3. The van der Waals surface area contributed by atoms with Crippen molar-refractivity contribution in [3.8, 4) is 17.2 Å². The summed E-state index contributed by atoms with van der Waals surface area (Å²) in [6.45, 7) is 4.83. The summed E-state index contributed by atoms with van der Waals surface area (Å²) < 4.78 is 16.6. The van der Waals surface area contributed by atoms with Gasteiger partial charge in [-0.2, -0.15) is 0 Å². The zero-order chi connectivity index (χ0) is 22.6. The Kier molecular flexibility index (Phi) is 9.68. The van der Waals surface area contributed by atoms with E-state index in [1.807, 2.05) is 31.2 Å². The molecule has 0 fully saturated rings. The summed E-state index contributed by atoms with van der Waals surface area (Å²) in [5.41, 5.74) is 1.84. The van der Waals surface area contributed by atoms with Crippen LogP contribution in [-0.4, -0.2) is 37.3 Å². The lowest BCUT2D eigenvalue weighted by Crippen LogP contribution is -2.31. The number of hydrogen-bond acceptors (Lipinski definition) is 5. The van der Waals surface area contributed by atoms with Crippen molar-refractivity contribution < 1.29 is 28.9 Å². The second-order valence-electron chi connectivity index (χ2n) is 7.07. The maximum absolute atomic E-state index is 12.4. The molecule has 7 heteroatoms. The number of carbonyl (C=O) groups is 2. The molecule has 0 aliphatic rings. The van der Waals surface area contributed by atoms with Gasteiger partial charge in [0.05, 0.1) is 39.2 Å². The van der Waals surface area contributed by atoms with Crippen LogP contribution in [0.25, 0.3) is 0 Å². The molecule has 7 nitrogen and oxygen atoms in total. The van der Waals surface area contributed by atoms with Gasteiger partial charge in [0, 0.05) is 0 Å². The quantitative estimate of drug-likeness (QED) is 0.497. The Balaban J connectivity index is 1.99. The first-order chi connectivity index (χ1) is 15.0. The van der Waals surface area contributed by atoms with Gasteiger partial charge < -0.3 is 24.6 Å². The monoisotopic (exact) mass is 429 g/mol. The molecule has 1 amide bonds. The highest BCUT2D eigenvalue weighted by Crippen LogP contribution is 2.31. The SMILES string of the molecule is CCCOc1ccc(C(CC(=O)O)NC(=O)CCOc2ccc(CC)cc2)cc1OC. The van der Waals surface area contributed by atoms with Crippen molar-refractivity contribution in [3.63, 3.8) is 0 Å². The third-order valence-corrected chi connectivity index (χ3v) is 4.70. The highest BCUT2D eigenvalue weighted by Gasteiger charge is 2.20. The number of methoxy groups -OCH3 is 1. The van der Waals surface area contributed by atoms with Gasteiger partial charge in [0.25, 0.3) is 0 Å². The minimum Gasteiger partial charge on any atom is -0.493 e. The van der Waals surface area contributed by atoms with Crippen molar-refractivity contribution in [2.45, 2.75) is 45.6 Å². The molecule has 2 aromatic rings. The summed E-state index contributed by atoms with van der Waals surface area (Å²) in [5, 5.41) is 12.1. The van der Waals surface area contributed by atoms with Crippen LogP contribution in [0, 0.1) is 0 Å². The molecule has 0 heterocycles. The lowest BCUT2D eigenvalue weighted by atomic mass is 10.0. The van der Waals surface area contributed by atoms with E-state index in [9.17, 15) is 14.7 Å². The Morgan fingerprint density at radius 2 is 1.74 bits per heavy atom. The average Bonchev–Trinajstić information content (AvgIpc) is 2.77. The first-order valence-corrected chi connectivity index (χ1v) is 10.5. The van der Waals surface area contributed by atoms with Crippen molar-refractivity contribution in [1.29, 1.82) is 0 Å². The van der Waals surface area contributed by atoms with E-state index in [1.165, 1.54) is 12.7 Å². The van der Waals surface area contributed by atoms with E-state index in [0.29, 0.717) is 29.4 Å². The highest BCUT2D eigenvalue weighted by atomic mass is 16.5. The molecular weight excluding hydrogens is 398 g/mol. The number of ether oxygens (including phenoxy) is 3. The largest absolute Gasteiger partial charge is 0.493 e. The van der Waals surface area contributed by atoms with Gasteiger partial charge >= 0.3 is 5.97 Å². The van der Waals surface area contributed by atoms with E-state index in [2.05, 4.69) is 12.2 Å². The Labute approximate surface area is 183 Å². The molecule has 0 radical (unpaired) electrons. The predicted molar refractivity (Wildman–Crippen MR) is 118 cm³/mol. The molecule has 31 heavy (non-hydrogen) atoms. The van der Waals surface area contributed by atoms with E-state index in [4.69, 9.17) is 14.2 Å². The molecule has 168 valence electrons. The lowest BCUT2D eigenvalue weighted by Gasteiger charge is -2.19.